The van der Waals surface area contributed by atoms with E-state index in [-0.39, 0.29) is 25.4 Å². The topological polar surface area (TPSA) is 78.6 Å². The van der Waals surface area contributed by atoms with E-state index >= 15 is 0 Å². The maximum absolute atomic E-state index is 12.7. The highest BCUT2D eigenvalue weighted by atomic mass is 16.3. The van der Waals surface area contributed by atoms with Gasteiger partial charge >= 0.3 is 0 Å². The molecule has 1 saturated heterocycles. The van der Waals surface area contributed by atoms with Crippen LogP contribution < -0.4 is 0 Å². The Labute approximate surface area is 170 Å². The minimum atomic E-state index is -0.666. The zero-order chi connectivity index (χ0) is 20.2. The summed E-state index contributed by atoms with van der Waals surface area (Å²) in [6.07, 6.45) is 1.05. The first kappa shape index (κ1) is 19.4. The Morgan fingerprint density at radius 3 is 2.14 bits per heavy atom. The van der Waals surface area contributed by atoms with Crippen molar-refractivity contribution >= 4 is 5.91 Å². The van der Waals surface area contributed by atoms with Crippen LogP contribution in [-0.2, 0) is 11.3 Å². The van der Waals surface area contributed by atoms with Crippen molar-refractivity contribution in [2.45, 2.75) is 31.6 Å². The summed E-state index contributed by atoms with van der Waals surface area (Å²) < 4.78 is 2.01. The molecular weight excluding hydrogens is 366 g/mol. The van der Waals surface area contributed by atoms with Gasteiger partial charge in [0.25, 0.3) is 0 Å². The van der Waals surface area contributed by atoms with Gasteiger partial charge < -0.3 is 19.7 Å². The van der Waals surface area contributed by atoms with E-state index in [2.05, 4.69) is 4.98 Å². The predicted octanol–water partition coefficient (Wildman–Crippen LogP) is 2.56. The van der Waals surface area contributed by atoms with Crippen molar-refractivity contribution in [2.75, 3.05) is 13.1 Å². The van der Waals surface area contributed by atoms with Gasteiger partial charge in [-0.2, -0.15) is 0 Å². The first-order valence-corrected chi connectivity index (χ1v) is 9.91. The fraction of sp³-hybridized carbons (Fsp3) is 0.304. The first-order valence-electron chi connectivity index (χ1n) is 9.91. The van der Waals surface area contributed by atoms with Gasteiger partial charge in [0.05, 0.1) is 29.9 Å². The molecular formula is C23H25N3O3. The quantitative estimate of drug-likeness (QED) is 0.701. The molecule has 0 aliphatic carbocycles. The number of aliphatic hydroxyl groups excluding tert-OH is 2. The number of amides is 1. The van der Waals surface area contributed by atoms with Gasteiger partial charge in [-0.05, 0) is 0 Å². The van der Waals surface area contributed by atoms with Crippen LogP contribution in [0, 0.1) is 0 Å². The Kier molecular flexibility index (Phi) is 5.74. The van der Waals surface area contributed by atoms with Crippen molar-refractivity contribution in [3.63, 3.8) is 0 Å². The van der Waals surface area contributed by atoms with Crippen LogP contribution in [0.3, 0.4) is 0 Å². The molecule has 1 amide bonds. The molecule has 6 heteroatoms. The molecule has 0 radical (unpaired) electrons. The summed E-state index contributed by atoms with van der Waals surface area (Å²) >= 11 is 0. The summed E-state index contributed by atoms with van der Waals surface area (Å²) in [6, 6.07) is 20.0. The number of aryl methyl sites for hydroxylation is 1. The number of β-amino-alcohol motifs (C(OH)–C–C–N with tert-alkyl or cyclic N) is 2. The van der Waals surface area contributed by atoms with Crippen LogP contribution in [0.5, 0.6) is 0 Å². The van der Waals surface area contributed by atoms with Crippen molar-refractivity contribution < 1.29 is 15.0 Å². The number of aliphatic hydroxyl groups is 2. The minimum absolute atomic E-state index is 0.0724. The van der Waals surface area contributed by atoms with Crippen molar-refractivity contribution in [3.05, 3.63) is 67.0 Å². The monoisotopic (exact) mass is 391 g/mol. The molecule has 150 valence electrons. The number of aromatic nitrogens is 2. The van der Waals surface area contributed by atoms with Crippen molar-refractivity contribution in [2.24, 2.45) is 0 Å². The zero-order valence-electron chi connectivity index (χ0n) is 16.2. The second-order valence-electron chi connectivity index (χ2n) is 7.46. The number of carbonyl (C=O) groups excluding carboxylic acids is 1. The normalized spacial score (nSPS) is 19.3. The zero-order valence-corrected chi connectivity index (χ0v) is 16.2. The second-order valence-corrected chi connectivity index (χ2v) is 7.46. The van der Waals surface area contributed by atoms with Gasteiger partial charge in [0, 0.05) is 43.6 Å². The molecule has 1 aliphatic rings. The van der Waals surface area contributed by atoms with E-state index in [9.17, 15) is 15.0 Å². The minimum Gasteiger partial charge on any atom is -0.391 e. The molecule has 2 atom stereocenters. The Hall–Kier alpha value is -2.96. The third-order valence-corrected chi connectivity index (χ3v) is 5.26. The Morgan fingerprint density at radius 2 is 1.52 bits per heavy atom. The molecule has 2 N–H and O–H groups in total. The molecule has 2 aromatic carbocycles. The van der Waals surface area contributed by atoms with Crippen LogP contribution in [0.25, 0.3) is 22.5 Å². The third-order valence-electron chi connectivity index (χ3n) is 5.26. The molecule has 0 spiro atoms. The van der Waals surface area contributed by atoms with Crippen LogP contribution in [-0.4, -0.2) is 55.9 Å². The van der Waals surface area contributed by atoms with Gasteiger partial charge in [0.15, 0.2) is 0 Å². The number of carbonyl (C=O) groups is 1. The smallest absolute Gasteiger partial charge is 0.224 e. The standard InChI is InChI=1S/C23H25N3O3/c27-19-13-20(28)15-26(14-19)21(29)11-12-25-16-24-22(17-7-3-1-4-8-17)23(25)18-9-5-2-6-10-18/h1-10,16,19-20,27-28H,11-15H2/t19-,20-/m1/s1. The van der Waals surface area contributed by atoms with Gasteiger partial charge in [-0.1, -0.05) is 60.7 Å². The van der Waals surface area contributed by atoms with E-state index in [4.69, 9.17) is 0 Å². The van der Waals surface area contributed by atoms with E-state index < -0.39 is 12.2 Å². The maximum Gasteiger partial charge on any atom is 0.224 e. The lowest BCUT2D eigenvalue weighted by Crippen LogP contribution is -2.48. The molecule has 1 fully saturated rings. The summed E-state index contributed by atoms with van der Waals surface area (Å²) in [6.45, 7) is 1.03. The average molecular weight is 391 g/mol. The molecule has 0 saturated carbocycles. The average Bonchev–Trinajstić information content (AvgIpc) is 3.16. The SMILES string of the molecule is O=C(CCn1cnc(-c2ccccc2)c1-c1ccccc1)N1C[C@H](O)C[C@@H](O)C1. The van der Waals surface area contributed by atoms with E-state index in [0.29, 0.717) is 13.0 Å². The van der Waals surface area contributed by atoms with Crippen LogP contribution >= 0.6 is 0 Å². The summed E-state index contributed by atoms with van der Waals surface area (Å²) in [5, 5.41) is 19.7. The molecule has 3 aromatic rings. The lowest BCUT2D eigenvalue weighted by molar-refractivity contribution is -0.137. The summed E-state index contributed by atoms with van der Waals surface area (Å²) in [5.41, 5.74) is 3.93. The van der Waals surface area contributed by atoms with Gasteiger partial charge in [0.1, 0.15) is 0 Å². The predicted molar refractivity (Wildman–Crippen MR) is 111 cm³/mol. The largest absolute Gasteiger partial charge is 0.391 e. The number of piperidine rings is 1. The molecule has 0 bridgehead atoms. The van der Waals surface area contributed by atoms with Crippen molar-refractivity contribution in [1.29, 1.82) is 0 Å². The Balaban J connectivity index is 1.58. The lowest BCUT2D eigenvalue weighted by Gasteiger charge is -2.33. The number of benzene rings is 2. The number of imidazole rings is 1. The van der Waals surface area contributed by atoms with Crippen LogP contribution in [0.4, 0.5) is 0 Å². The first-order chi connectivity index (χ1) is 14.1. The third kappa shape index (κ3) is 4.39. The molecule has 2 heterocycles. The summed E-state index contributed by atoms with van der Waals surface area (Å²) in [4.78, 5) is 18.8. The van der Waals surface area contributed by atoms with Crippen molar-refractivity contribution in [3.8, 4) is 22.5 Å². The van der Waals surface area contributed by atoms with Crippen molar-refractivity contribution in [1.82, 2.24) is 14.5 Å². The summed E-state index contributed by atoms with van der Waals surface area (Å²) in [5.74, 6) is -0.0724. The lowest BCUT2D eigenvalue weighted by atomic mass is 10.0. The number of likely N-dealkylation sites (tertiary alicyclic amines) is 1. The Bertz CT molecular complexity index is 946. The molecule has 4 rings (SSSR count). The van der Waals surface area contributed by atoms with E-state index in [1.54, 1.807) is 11.2 Å². The molecule has 6 nitrogen and oxygen atoms in total. The fourth-order valence-corrected chi connectivity index (χ4v) is 3.88. The highest BCUT2D eigenvalue weighted by molar-refractivity contribution is 5.79. The van der Waals surface area contributed by atoms with E-state index in [1.807, 2.05) is 65.2 Å². The number of hydrogen-bond donors (Lipinski definition) is 2. The summed E-state index contributed by atoms with van der Waals surface area (Å²) in [7, 11) is 0. The molecule has 29 heavy (non-hydrogen) atoms. The van der Waals surface area contributed by atoms with E-state index in [0.717, 1.165) is 22.5 Å². The van der Waals surface area contributed by atoms with Crippen LogP contribution in [0.2, 0.25) is 0 Å². The number of hydrogen-bond acceptors (Lipinski definition) is 4. The maximum atomic E-state index is 12.7. The van der Waals surface area contributed by atoms with Gasteiger partial charge in [-0.25, -0.2) is 4.98 Å². The van der Waals surface area contributed by atoms with E-state index in [1.165, 1.54) is 0 Å². The number of nitrogens with zero attached hydrogens (tertiary/aromatic N) is 3. The van der Waals surface area contributed by atoms with Gasteiger partial charge in [-0.15, -0.1) is 0 Å². The molecule has 0 unspecified atom stereocenters. The highest BCUT2D eigenvalue weighted by Crippen LogP contribution is 2.31. The fourth-order valence-electron chi connectivity index (χ4n) is 3.88. The molecule has 1 aromatic heterocycles. The van der Waals surface area contributed by atoms with Gasteiger partial charge in [-0.3, -0.25) is 4.79 Å². The second kappa shape index (κ2) is 8.59. The van der Waals surface area contributed by atoms with Crippen LogP contribution in [0.1, 0.15) is 12.8 Å². The molecule has 1 aliphatic heterocycles. The Morgan fingerprint density at radius 1 is 0.931 bits per heavy atom. The number of rotatable bonds is 5. The van der Waals surface area contributed by atoms with Crippen LogP contribution in [0.15, 0.2) is 67.0 Å². The highest BCUT2D eigenvalue weighted by Gasteiger charge is 2.27. The van der Waals surface area contributed by atoms with Gasteiger partial charge in [0.2, 0.25) is 5.91 Å².